The van der Waals surface area contributed by atoms with Crippen molar-refractivity contribution in [1.82, 2.24) is 25.0 Å². The van der Waals surface area contributed by atoms with Gasteiger partial charge < -0.3 is 15.5 Å². The van der Waals surface area contributed by atoms with Crippen LogP contribution in [0.25, 0.3) is 11.6 Å². The molecular weight excluding hydrogens is 522 g/mol. The summed E-state index contributed by atoms with van der Waals surface area (Å²) in [4.78, 5) is 24.7. The lowest BCUT2D eigenvalue weighted by atomic mass is 9.93. The van der Waals surface area contributed by atoms with Gasteiger partial charge in [-0.05, 0) is 70.8 Å². The molecule has 3 aromatic rings. The Morgan fingerprint density at radius 1 is 1.05 bits per heavy atom. The highest BCUT2D eigenvalue weighted by atomic mass is 35.5. The number of urea groups is 1. The second kappa shape index (κ2) is 11.8. The van der Waals surface area contributed by atoms with Gasteiger partial charge >= 0.3 is 6.03 Å². The summed E-state index contributed by atoms with van der Waals surface area (Å²) in [7, 11) is 0. The largest absolute Gasteiger partial charge is 0.322 e. The average molecular weight is 554 g/mol. The van der Waals surface area contributed by atoms with Crippen LogP contribution in [0.4, 0.5) is 10.5 Å². The maximum absolute atomic E-state index is 13.0. The van der Waals surface area contributed by atoms with Crippen molar-refractivity contribution < 1.29 is 4.79 Å². The highest BCUT2D eigenvalue weighted by molar-refractivity contribution is 6.30. The second-order valence-corrected chi connectivity index (χ2v) is 10.9. The van der Waals surface area contributed by atoms with E-state index in [1.54, 1.807) is 24.3 Å². The lowest BCUT2D eigenvalue weighted by molar-refractivity contribution is 0.125. The van der Waals surface area contributed by atoms with E-state index < -0.39 is 0 Å². The predicted molar refractivity (Wildman–Crippen MR) is 158 cm³/mol. The molecule has 0 bridgehead atoms. The number of hydrogen-bond acceptors (Lipinski definition) is 6. The number of aromatic nitrogens is 1. The number of fused-ring (bicyclic) bond motifs is 2. The number of carbonyl (C=O) groups excluding carboxylic acids is 1. The van der Waals surface area contributed by atoms with E-state index in [-0.39, 0.29) is 12.1 Å². The molecule has 2 N–H and O–H groups in total. The van der Waals surface area contributed by atoms with Crippen molar-refractivity contribution in [3.63, 3.8) is 0 Å². The molecule has 40 heavy (non-hydrogen) atoms. The summed E-state index contributed by atoms with van der Waals surface area (Å²) in [5.41, 5.74) is 7.06. The molecule has 1 aliphatic carbocycles. The number of nitrogens with zero attached hydrogens (tertiary/aromatic N) is 5. The zero-order valence-electron chi connectivity index (χ0n) is 22.3. The molecule has 9 heteroatoms. The van der Waals surface area contributed by atoms with Gasteiger partial charge in [0.2, 0.25) is 0 Å². The van der Waals surface area contributed by atoms with Gasteiger partial charge in [-0.2, -0.15) is 5.26 Å². The highest BCUT2D eigenvalue weighted by Gasteiger charge is 2.34. The lowest BCUT2D eigenvalue weighted by Crippen LogP contribution is -2.51. The first-order valence-electron chi connectivity index (χ1n) is 13.8. The Bertz CT molecular complexity index is 1450. The fourth-order valence-corrected chi connectivity index (χ4v) is 6.03. The number of halogens is 1. The number of amides is 2. The van der Waals surface area contributed by atoms with Crippen LogP contribution in [0.15, 0.2) is 60.8 Å². The van der Waals surface area contributed by atoms with Crippen LogP contribution in [0.2, 0.25) is 5.02 Å². The van der Waals surface area contributed by atoms with Crippen LogP contribution < -0.4 is 10.6 Å². The van der Waals surface area contributed by atoms with Crippen LogP contribution >= 0.6 is 11.6 Å². The van der Waals surface area contributed by atoms with E-state index in [1.807, 2.05) is 23.2 Å². The third kappa shape index (κ3) is 5.60. The van der Waals surface area contributed by atoms with E-state index in [0.717, 1.165) is 62.1 Å². The first-order valence-corrected chi connectivity index (χ1v) is 14.2. The fraction of sp³-hybridized carbons (Fsp3) is 0.323. The van der Waals surface area contributed by atoms with Gasteiger partial charge in [-0.1, -0.05) is 23.7 Å². The van der Waals surface area contributed by atoms with Crippen molar-refractivity contribution in [2.24, 2.45) is 0 Å². The number of carbonyl (C=O) groups is 1. The van der Waals surface area contributed by atoms with Gasteiger partial charge in [0.25, 0.3) is 0 Å². The summed E-state index contributed by atoms with van der Waals surface area (Å²) in [6.07, 6.45) is 4.17. The Hall–Kier alpha value is -3.74. The van der Waals surface area contributed by atoms with Crippen molar-refractivity contribution >= 4 is 35.0 Å². The molecule has 1 aromatic heterocycles. The van der Waals surface area contributed by atoms with Crippen molar-refractivity contribution in [2.45, 2.75) is 6.04 Å². The minimum atomic E-state index is -0.129. The molecule has 1 atom stereocenters. The third-order valence-corrected chi connectivity index (χ3v) is 8.19. The summed E-state index contributed by atoms with van der Waals surface area (Å²) in [5, 5.41) is 16.2. The quantitative estimate of drug-likeness (QED) is 0.501. The molecule has 2 amide bonds. The van der Waals surface area contributed by atoms with Crippen LogP contribution in [0, 0.1) is 11.3 Å². The normalized spacial score (nSPS) is 19.6. The van der Waals surface area contributed by atoms with Gasteiger partial charge in [0, 0.05) is 75.8 Å². The van der Waals surface area contributed by atoms with Gasteiger partial charge in [0.1, 0.15) is 0 Å². The number of hydrogen-bond donors (Lipinski definition) is 2. The summed E-state index contributed by atoms with van der Waals surface area (Å²) in [6.45, 7) is 7.54. The fourth-order valence-electron chi connectivity index (χ4n) is 5.86. The number of nitriles is 1. The molecule has 2 fully saturated rings. The molecule has 2 saturated heterocycles. The SMILES string of the molecule is N#Cc1ccc(NC(=O)N2CCN(C3c4ccc(Cl)cc4C(CN4CCNCC4)=Cc4cccnc43)CC2)cc1. The van der Waals surface area contributed by atoms with Crippen molar-refractivity contribution in [3.05, 3.63) is 93.8 Å². The van der Waals surface area contributed by atoms with E-state index in [9.17, 15) is 4.79 Å². The smallest absolute Gasteiger partial charge is 0.321 e. The Labute approximate surface area is 239 Å². The van der Waals surface area contributed by atoms with Crippen LogP contribution in [0.1, 0.15) is 34.0 Å². The van der Waals surface area contributed by atoms with Crippen molar-refractivity contribution in [2.75, 3.05) is 64.2 Å². The maximum Gasteiger partial charge on any atom is 0.321 e. The Morgan fingerprint density at radius 3 is 2.58 bits per heavy atom. The Balaban J connectivity index is 1.24. The van der Waals surface area contributed by atoms with E-state index in [4.69, 9.17) is 21.8 Å². The minimum Gasteiger partial charge on any atom is -0.322 e. The zero-order chi connectivity index (χ0) is 27.5. The predicted octanol–water partition coefficient (Wildman–Crippen LogP) is 4.30. The van der Waals surface area contributed by atoms with Gasteiger partial charge in [0.15, 0.2) is 0 Å². The second-order valence-electron chi connectivity index (χ2n) is 10.5. The number of piperazine rings is 2. The van der Waals surface area contributed by atoms with E-state index >= 15 is 0 Å². The Kier molecular flexibility index (Phi) is 7.80. The first kappa shape index (κ1) is 26.5. The molecule has 0 spiro atoms. The lowest BCUT2D eigenvalue weighted by Gasteiger charge is -2.39. The topological polar surface area (TPSA) is 87.5 Å². The molecule has 204 valence electrons. The third-order valence-electron chi connectivity index (χ3n) is 7.95. The van der Waals surface area contributed by atoms with Crippen molar-refractivity contribution in [3.8, 4) is 6.07 Å². The van der Waals surface area contributed by atoms with E-state index in [2.05, 4.69) is 50.8 Å². The maximum atomic E-state index is 13.0. The van der Waals surface area contributed by atoms with Gasteiger partial charge in [-0.3, -0.25) is 14.8 Å². The number of pyridine rings is 1. The molecule has 1 unspecified atom stereocenters. The monoisotopic (exact) mass is 553 g/mol. The molecule has 0 radical (unpaired) electrons. The van der Waals surface area contributed by atoms with Gasteiger partial charge in [-0.15, -0.1) is 0 Å². The molecule has 6 rings (SSSR count). The summed E-state index contributed by atoms with van der Waals surface area (Å²) in [5.74, 6) is 0. The van der Waals surface area contributed by atoms with E-state index in [1.165, 1.54) is 16.7 Å². The van der Waals surface area contributed by atoms with Crippen LogP contribution in [0.3, 0.4) is 0 Å². The standard InChI is InChI=1S/C31H32ClN7O/c32-25-5-8-27-28(19-25)24(21-37-12-10-34-11-13-37)18-23-2-1-9-35-29(23)30(27)38-14-16-39(17-15-38)31(40)36-26-6-3-22(20-33)4-7-26/h1-9,18-19,30,34H,10-17,21H2,(H,36,40). The molecule has 3 aliphatic rings. The van der Waals surface area contributed by atoms with Gasteiger partial charge in [-0.25, -0.2) is 4.79 Å². The average Bonchev–Trinajstić information content (AvgIpc) is 3.12. The van der Waals surface area contributed by atoms with Crippen molar-refractivity contribution in [1.29, 1.82) is 5.26 Å². The number of anilines is 1. The van der Waals surface area contributed by atoms with Gasteiger partial charge in [0.05, 0.1) is 23.4 Å². The summed E-state index contributed by atoms with van der Waals surface area (Å²) < 4.78 is 0. The van der Waals surface area contributed by atoms with E-state index in [0.29, 0.717) is 24.3 Å². The number of benzene rings is 2. The molecule has 2 aromatic carbocycles. The summed E-state index contributed by atoms with van der Waals surface area (Å²) in [6, 6.07) is 19.3. The molecule has 0 saturated carbocycles. The van der Waals surface area contributed by atoms with Crippen LogP contribution in [-0.4, -0.2) is 84.6 Å². The first-order chi connectivity index (χ1) is 19.6. The number of rotatable bonds is 4. The van der Waals surface area contributed by atoms with Crippen LogP contribution in [0.5, 0.6) is 0 Å². The molecule has 8 nitrogen and oxygen atoms in total. The summed E-state index contributed by atoms with van der Waals surface area (Å²) >= 11 is 6.57. The molecule has 3 heterocycles. The zero-order valence-corrected chi connectivity index (χ0v) is 23.1. The highest BCUT2D eigenvalue weighted by Crippen LogP contribution is 2.40. The molecular formula is C31H32ClN7O. The van der Waals surface area contributed by atoms with Crippen LogP contribution in [-0.2, 0) is 0 Å². The molecule has 2 aliphatic heterocycles. The minimum absolute atomic E-state index is 0.0380. The Morgan fingerprint density at radius 2 is 1.82 bits per heavy atom. The number of nitrogens with one attached hydrogen (secondary N) is 2.